The summed E-state index contributed by atoms with van der Waals surface area (Å²) in [5.41, 5.74) is 4.80. The number of pyridine rings is 1. The molecule has 1 amide bonds. The van der Waals surface area contributed by atoms with Gasteiger partial charge in [-0.25, -0.2) is 4.98 Å². The van der Waals surface area contributed by atoms with Crippen LogP contribution >= 0.6 is 0 Å². The second-order valence-corrected chi connectivity index (χ2v) is 8.46. The average Bonchev–Trinajstić information content (AvgIpc) is 2.82. The van der Waals surface area contributed by atoms with Crippen LogP contribution in [0.15, 0.2) is 70.3 Å². The summed E-state index contributed by atoms with van der Waals surface area (Å²) < 4.78 is 1.75. The molecule has 0 spiro atoms. The van der Waals surface area contributed by atoms with E-state index < -0.39 is 0 Å². The fraction of sp³-hybridized carbons (Fsp3) is 0.259. The second-order valence-electron chi connectivity index (χ2n) is 8.46. The summed E-state index contributed by atoms with van der Waals surface area (Å²) in [6.07, 6.45) is 1.06. The van der Waals surface area contributed by atoms with Gasteiger partial charge in [-0.2, -0.15) is 0 Å². The van der Waals surface area contributed by atoms with Crippen LogP contribution in [-0.4, -0.2) is 20.4 Å². The Kier molecular flexibility index (Phi) is 7.01. The van der Waals surface area contributed by atoms with E-state index in [0.717, 1.165) is 34.3 Å². The molecule has 2 aromatic heterocycles. The number of para-hydroxylation sites is 2. The Hall–Kier alpha value is -4.00. The molecule has 0 unspecified atom stereocenters. The minimum atomic E-state index is -0.232. The lowest BCUT2D eigenvalue weighted by molar-refractivity contribution is -0.121. The van der Waals surface area contributed by atoms with Gasteiger partial charge in [0.05, 0.1) is 11.0 Å². The third-order valence-electron chi connectivity index (χ3n) is 5.93. The van der Waals surface area contributed by atoms with Crippen LogP contribution in [-0.2, 0) is 30.7 Å². The van der Waals surface area contributed by atoms with E-state index in [2.05, 4.69) is 15.3 Å². The van der Waals surface area contributed by atoms with Crippen molar-refractivity contribution < 1.29 is 4.79 Å². The van der Waals surface area contributed by atoms with Crippen molar-refractivity contribution in [3.8, 4) is 0 Å². The molecule has 0 saturated carbocycles. The Morgan fingerprint density at radius 1 is 1.00 bits per heavy atom. The highest BCUT2D eigenvalue weighted by molar-refractivity contribution is 5.77. The van der Waals surface area contributed by atoms with Gasteiger partial charge in [-0.15, -0.1) is 0 Å². The van der Waals surface area contributed by atoms with Crippen LogP contribution in [0.5, 0.6) is 0 Å². The Morgan fingerprint density at radius 3 is 2.50 bits per heavy atom. The minimum absolute atomic E-state index is 0.113. The van der Waals surface area contributed by atoms with Crippen molar-refractivity contribution in [1.29, 1.82) is 0 Å². The van der Waals surface area contributed by atoms with Crippen LogP contribution in [0.1, 0.15) is 34.5 Å². The lowest BCUT2D eigenvalue weighted by atomic mass is 10.1. The maximum atomic E-state index is 13.2. The van der Waals surface area contributed by atoms with Crippen molar-refractivity contribution in [2.45, 2.75) is 46.2 Å². The van der Waals surface area contributed by atoms with E-state index in [-0.39, 0.29) is 36.4 Å². The quantitative estimate of drug-likeness (QED) is 0.426. The number of carbonyl (C=O) groups excluding carboxylic acids is 1. The largest absolute Gasteiger partial charge is 0.352 e. The molecule has 0 fully saturated rings. The number of aromatic amines is 1. The van der Waals surface area contributed by atoms with Gasteiger partial charge in [0.25, 0.3) is 11.1 Å². The van der Waals surface area contributed by atoms with E-state index in [1.54, 1.807) is 4.57 Å². The van der Waals surface area contributed by atoms with E-state index in [1.165, 1.54) is 0 Å². The molecule has 4 rings (SSSR count). The van der Waals surface area contributed by atoms with Gasteiger partial charge < -0.3 is 14.9 Å². The minimum Gasteiger partial charge on any atom is -0.352 e. The first-order chi connectivity index (χ1) is 16.4. The van der Waals surface area contributed by atoms with E-state index in [0.29, 0.717) is 17.8 Å². The number of hydrogen-bond donors (Lipinski definition) is 2. The predicted molar refractivity (Wildman–Crippen MR) is 133 cm³/mol. The van der Waals surface area contributed by atoms with Crippen LogP contribution < -0.4 is 16.4 Å². The first-order valence-electron chi connectivity index (χ1n) is 11.4. The zero-order chi connectivity index (χ0) is 24.1. The van der Waals surface area contributed by atoms with Crippen LogP contribution in [0.4, 0.5) is 0 Å². The van der Waals surface area contributed by atoms with E-state index in [1.807, 2.05) is 74.5 Å². The zero-order valence-electron chi connectivity index (χ0n) is 19.4. The number of nitrogens with zero attached hydrogens (tertiary/aromatic N) is 2. The van der Waals surface area contributed by atoms with Crippen LogP contribution in [0, 0.1) is 13.8 Å². The molecule has 4 aromatic rings. The summed E-state index contributed by atoms with van der Waals surface area (Å²) in [6, 6.07) is 19.5. The van der Waals surface area contributed by atoms with Gasteiger partial charge in [-0.05, 0) is 49.6 Å². The topological polar surface area (TPSA) is 96.8 Å². The second kappa shape index (κ2) is 10.3. The average molecular weight is 457 g/mol. The zero-order valence-corrected chi connectivity index (χ0v) is 19.4. The van der Waals surface area contributed by atoms with Crippen molar-refractivity contribution >= 4 is 16.9 Å². The third kappa shape index (κ3) is 5.31. The number of aromatic nitrogens is 3. The lowest BCUT2D eigenvalue weighted by Gasteiger charge is -2.13. The van der Waals surface area contributed by atoms with E-state index in [9.17, 15) is 14.4 Å². The molecule has 0 aliphatic rings. The molecule has 174 valence electrons. The Balaban J connectivity index is 1.48. The number of hydrogen-bond acceptors (Lipinski definition) is 4. The van der Waals surface area contributed by atoms with Gasteiger partial charge >= 0.3 is 0 Å². The number of H-pyrrole nitrogens is 1. The molecular formula is C27H28N4O3. The van der Waals surface area contributed by atoms with Gasteiger partial charge in [-0.1, -0.05) is 42.5 Å². The third-order valence-corrected chi connectivity index (χ3v) is 5.93. The molecule has 7 nitrogen and oxygen atoms in total. The molecule has 34 heavy (non-hydrogen) atoms. The number of nitrogens with one attached hydrogen (secondary N) is 2. The summed E-state index contributed by atoms with van der Waals surface area (Å²) >= 11 is 0. The first-order valence-corrected chi connectivity index (χ1v) is 11.4. The molecule has 0 saturated heterocycles. The van der Waals surface area contributed by atoms with Gasteiger partial charge in [-0.3, -0.25) is 14.4 Å². The highest BCUT2D eigenvalue weighted by atomic mass is 16.2. The smallest absolute Gasteiger partial charge is 0.272 e. The summed E-state index contributed by atoms with van der Waals surface area (Å²) in [6.45, 7) is 4.34. The van der Waals surface area contributed by atoms with Crippen molar-refractivity contribution in [1.82, 2.24) is 19.9 Å². The summed E-state index contributed by atoms with van der Waals surface area (Å²) in [7, 11) is 0. The molecule has 0 bridgehead atoms. The van der Waals surface area contributed by atoms with Crippen LogP contribution in [0.3, 0.4) is 0 Å². The number of fused-ring (bicyclic) bond motifs is 1. The lowest BCUT2D eigenvalue weighted by Crippen LogP contribution is -2.30. The Morgan fingerprint density at radius 2 is 1.74 bits per heavy atom. The van der Waals surface area contributed by atoms with Gasteiger partial charge in [0.15, 0.2) is 0 Å². The molecule has 0 atom stereocenters. The molecule has 2 aromatic carbocycles. The summed E-state index contributed by atoms with van der Waals surface area (Å²) in [5, 5.41) is 2.79. The molecule has 0 aliphatic carbocycles. The van der Waals surface area contributed by atoms with Gasteiger partial charge in [0, 0.05) is 37.2 Å². The van der Waals surface area contributed by atoms with Crippen molar-refractivity contribution in [3.05, 3.63) is 109 Å². The van der Waals surface area contributed by atoms with Crippen LogP contribution in [0.2, 0.25) is 0 Å². The van der Waals surface area contributed by atoms with Crippen molar-refractivity contribution in [2.24, 2.45) is 0 Å². The monoisotopic (exact) mass is 456 g/mol. The molecule has 2 heterocycles. The van der Waals surface area contributed by atoms with Crippen molar-refractivity contribution in [2.75, 3.05) is 0 Å². The number of amides is 1. The van der Waals surface area contributed by atoms with Gasteiger partial charge in [0.1, 0.15) is 5.69 Å². The van der Waals surface area contributed by atoms with E-state index in [4.69, 9.17) is 0 Å². The normalized spacial score (nSPS) is 11.0. The fourth-order valence-corrected chi connectivity index (χ4v) is 4.12. The summed E-state index contributed by atoms with van der Waals surface area (Å²) in [5.74, 6) is -0.232. The predicted octanol–water partition coefficient (Wildman–Crippen LogP) is 3.19. The van der Waals surface area contributed by atoms with Gasteiger partial charge in [0.2, 0.25) is 5.91 Å². The molecule has 0 aliphatic heterocycles. The maximum Gasteiger partial charge on any atom is 0.272 e. The van der Waals surface area contributed by atoms with E-state index >= 15 is 0 Å². The van der Waals surface area contributed by atoms with Crippen molar-refractivity contribution in [3.63, 3.8) is 0 Å². The molecular weight excluding hydrogens is 428 g/mol. The first kappa shape index (κ1) is 23.2. The number of rotatable bonds is 8. The number of benzene rings is 2. The molecule has 2 N–H and O–H groups in total. The summed E-state index contributed by atoms with van der Waals surface area (Å²) in [4.78, 5) is 45.2. The number of aryl methyl sites for hydroxylation is 5. The SMILES string of the molecule is Cc1cc(C)c(CNC(=O)CCc2nc3ccccc3n(CCc3ccccc3)c2=O)c(=O)[nH]1. The molecule has 0 radical (unpaired) electrons. The Labute approximate surface area is 197 Å². The standard InChI is InChI=1S/C27H28N4O3/c1-18-16-19(2)29-26(33)21(18)17-28-25(32)13-12-23-27(34)31(15-14-20-8-4-3-5-9-20)24-11-7-6-10-22(24)30-23/h3-11,16H,12-15,17H2,1-2H3,(H,28,32)(H,29,33). The Bertz CT molecular complexity index is 1440. The van der Waals surface area contributed by atoms with Crippen LogP contribution in [0.25, 0.3) is 11.0 Å². The molecule has 7 heteroatoms. The highest BCUT2D eigenvalue weighted by Crippen LogP contribution is 2.12. The maximum absolute atomic E-state index is 13.2. The highest BCUT2D eigenvalue weighted by Gasteiger charge is 2.13. The number of carbonyl (C=O) groups is 1. The fourth-order valence-electron chi connectivity index (χ4n) is 4.12.